The van der Waals surface area contributed by atoms with E-state index in [0.717, 1.165) is 10.7 Å². The maximum absolute atomic E-state index is 9.14. The van der Waals surface area contributed by atoms with E-state index in [-0.39, 0.29) is 12.6 Å². The third-order valence-electron chi connectivity index (χ3n) is 1.71. The molecular formula is C9H16N2OS. The fourth-order valence-electron chi connectivity index (χ4n) is 1.17. The highest BCUT2D eigenvalue weighted by Crippen LogP contribution is 2.16. The molecular weight excluding hydrogens is 184 g/mol. The Kier molecular flexibility index (Phi) is 3.84. The van der Waals surface area contributed by atoms with Crippen molar-refractivity contribution >= 4 is 11.3 Å². The minimum absolute atomic E-state index is 0.0232. The Bertz CT molecular complexity index is 260. The minimum atomic E-state index is -0.0232. The molecule has 3 nitrogen and oxygen atoms in total. The van der Waals surface area contributed by atoms with Crippen LogP contribution in [0.15, 0.2) is 5.38 Å². The van der Waals surface area contributed by atoms with E-state index in [9.17, 15) is 0 Å². The average Bonchev–Trinajstić information content (AvgIpc) is 2.47. The highest BCUT2D eigenvalue weighted by Gasteiger charge is 2.13. The smallest absolute Gasteiger partial charge is 0.0898 e. The molecule has 0 aliphatic heterocycles. The maximum Gasteiger partial charge on any atom is 0.0898 e. The summed E-state index contributed by atoms with van der Waals surface area (Å²) in [6.07, 6.45) is 0. The highest BCUT2D eigenvalue weighted by atomic mass is 32.1. The largest absolute Gasteiger partial charge is 0.394 e. The van der Waals surface area contributed by atoms with Crippen LogP contribution in [0.4, 0.5) is 0 Å². The molecule has 0 bridgehead atoms. The van der Waals surface area contributed by atoms with E-state index in [1.54, 1.807) is 11.3 Å². The van der Waals surface area contributed by atoms with Crippen molar-refractivity contribution in [3.63, 3.8) is 0 Å². The van der Waals surface area contributed by atoms with E-state index in [4.69, 9.17) is 5.11 Å². The van der Waals surface area contributed by atoms with Crippen molar-refractivity contribution in [2.24, 2.45) is 0 Å². The fourth-order valence-corrected chi connectivity index (χ4v) is 1.84. The number of hydrogen-bond acceptors (Lipinski definition) is 4. The molecule has 1 aromatic heterocycles. The summed E-state index contributed by atoms with van der Waals surface area (Å²) in [7, 11) is 0. The van der Waals surface area contributed by atoms with Crippen molar-refractivity contribution in [1.82, 2.24) is 10.3 Å². The van der Waals surface area contributed by atoms with Gasteiger partial charge in [-0.2, -0.15) is 0 Å². The van der Waals surface area contributed by atoms with Gasteiger partial charge in [0.1, 0.15) is 0 Å². The third-order valence-corrected chi connectivity index (χ3v) is 2.50. The summed E-state index contributed by atoms with van der Waals surface area (Å²) in [6, 6.07) is 0.337. The predicted molar refractivity (Wildman–Crippen MR) is 54.9 cm³/mol. The molecule has 0 fully saturated rings. The highest BCUT2D eigenvalue weighted by molar-refractivity contribution is 7.09. The molecule has 1 atom stereocenters. The lowest BCUT2D eigenvalue weighted by molar-refractivity contribution is 0.235. The van der Waals surface area contributed by atoms with Crippen LogP contribution < -0.4 is 5.32 Å². The van der Waals surface area contributed by atoms with Gasteiger partial charge in [-0.3, -0.25) is 0 Å². The number of aliphatic hydroxyl groups is 1. The van der Waals surface area contributed by atoms with Gasteiger partial charge in [-0.05, 0) is 6.92 Å². The predicted octanol–water partition coefficient (Wildman–Crippen LogP) is 1.48. The molecule has 0 aliphatic rings. The van der Waals surface area contributed by atoms with Crippen molar-refractivity contribution < 1.29 is 5.11 Å². The minimum Gasteiger partial charge on any atom is -0.394 e. The van der Waals surface area contributed by atoms with E-state index in [1.165, 1.54) is 0 Å². The lowest BCUT2D eigenvalue weighted by Crippen LogP contribution is -2.30. The molecule has 13 heavy (non-hydrogen) atoms. The zero-order valence-electron chi connectivity index (χ0n) is 8.24. The van der Waals surface area contributed by atoms with Crippen molar-refractivity contribution in [2.75, 3.05) is 6.61 Å². The van der Waals surface area contributed by atoms with Gasteiger partial charge in [-0.15, -0.1) is 11.3 Å². The van der Waals surface area contributed by atoms with Gasteiger partial charge in [0, 0.05) is 11.4 Å². The Labute approximate surface area is 82.8 Å². The molecule has 74 valence electrons. The summed E-state index contributed by atoms with van der Waals surface area (Å²) >= 11 is 1.61. The van der Waals surface area contributed by atoms with Gasteiger partial charge in [0.15, 0.2) is 0 Å². The molecule has 0 saturated heterocycles. The average molecular weight is 200 g/mol. The van der Waals surface area contributed by atoms with E-state index < -0.39 is 0 Å². The standard InChI is InChI=1S/C9H16N2OS/c1-6(2)10-8(4-12)9-5-13-7(3)11-9/h5-6,8,10,12H,4H2,1-3H3. The van der Waals surface area contributed by atoms with Crippen LogP contribution in [0.2, 0.25) is 0 Å². The van der Waals surface area contributed by atoms with E-state index in [1.807, 2.05) is 12.3 Å². The van der Waals surface area contributed by atoms with Gasteiger partial charge in [0.05, 0.1) is 23.4 Å². The summed E-state index contributed by atoms with van der Waals surface area (Å²) in [6.45, 7) is 6.18. The van der Waals surface area contributed by atoms with E-state index in [0.29, 0.717) is 6.04 Å². The number of hydrogen-bond donors (Lipinski definition) is 2. The fraction of sp³-hybridized carbons (Fsp3) is 0.667. The van der Waals surface area contributed by atoms with Gasteiger partial charge in [-0.1, -0.05) is 13.8 Å². The normalized spacial score (nSPS) is 13.6. The topological polar surface area (TPSA) is 45.2 Å². The molecule has 1 unspecified atom stereocenters. The number of aliphatic hydroxyl groups excluding tert-OH is 1. The van der Waals surface area contributed by atoms with Crippen LogP contribution in [0.5, 0.6) is 0 Å². The van der Waals surface area contributed by atoms with E-state index >= 15 is 0 Å². The van der Waals surface area contributed by atoms with Crippen LogP contribution >= 0.6 is 11.3 Å². The van der Waals surface area contributed by atoms with Gasteiger partial charge in [0.25, 0.3) is 0 Å². The molecule has 0 radical (unpaired) electrons. The lowest BCUT2D eigenvalue weighted by Gasteiger charge is -2.16. The Morgan fingerprint density at radius 2 is 2.31 bits per heavy atom. The number of rotatable bonds is 4. The molecule has 4 heteroatoms. The zero-order valence-corrected chi connectivity index (χ0v) is 9.06. The van der Waals surface area contributed by atoms with E-state index in [2.05, 4.69) is 24.1 Å². The second-order valence-electron chi connectivity index (χ2n) is 3.35. The molecule has 0 saturated carbocycles. The van der Waals surface area contributed by atoms with Gasteiger partial charge in [-0.25, -0.2) is 4.98 Å². The number of aromatic nitrogens is 1. The summed E-state index contributed by atoms with van der Waals surface area (Å²) in [4.78, 5) is 4.33. The third kappa shape index (κ3) is 3.06. The zero-order chi connectivity index (χ0) is 9.84. The Hall–Kier alpha value is -0.450. The Morgan fingerprint density at radius 3 is 2.69 bits per heavy atom. The maximum atomic E-state index is 9.14. The number of aryl methyl sites for hydroxylation is 1. The second-order valence-corrected chi connectivity index (χ2v) is 4.41. The van der Waals surface area contributed by atoms with Crippen LogP contribution in [-0.4, -0.2) is 22.7 Å². The first-order chi connectivity index (χ1) is 6.13. The van der Waals surface area contributed by atoms with Crippen LogP contribution in [-0.2, 0) is 0 Å². The van der Waals surface area contributed by atoms with Crippen LogP contribution in [0.25, 0.3) is 0 Å². The van der Waals surface area contributed by atoms with Crippen LogP contribution in [0, 0.1) is 6.92 Å². The van der Waals surface area contributed by atoms with Crippen molar-refractivity contribution in [3.05, 3.63) is 16.1 Å². The summed E-state index contributed by atoms with van der Waals surface area (Å²) < 4.78 is 0. The molecule has 1 rings (SSSR count). The lowest BCUT2D eigenvalue weighted by atomic mass is 10.2. The van der Waals surface area contributed by atoms with Crippen LogP contribution in [0.3, 0.4) is 0 Å². The first kappa shape index (κ1) is 10.6. The summed E-state index contributed by atoms with van der Waals surface area (Å²) in [5, 5.41) is 15.4. The van der Waals surface area contributed by atoms with Crippen LogP contribution in [0.1, 0.15) is 30.6 Å². The molecule has 2 N–H and O–H groups in total. The summed E-state index contributed by atoms with van der Waals surface area (Å²) in [5.74, 6) is 0. The van der Waals surface area contributed by atoms with Gasteiger partial charge in [0.2, 0.25) is 0 Å². The SMILES string of the molecule is Cc1nc(C(CO)NC(C)C)cs1. The van der Waals surface area contributed by atoms with Crippen molar-refractivity contribution in [1.29, 1.82) is 0 Å². The molecule has 0 aliphatic carbocycles. The molecule has 0 amide bonds. The number of nitrogens with one attached hydrogen (secondary N) is 1. The van der Waals surface area contributed by atoms with Crippen molar-refractivity contribution in [3.8, 4) is 0 Å². The Balaban J connectivity index is 2.66. The number of thiazole rings is 1. The summed E-state index contributed by atoms with van der Waals surface area (Å²) in [5.41, 5.74) is 0.943. The Morgan fingerprint density at radius 1 is 1.62 bits per heavy atom. The molecule has 1 aromatic rings. The molecule has 0 spiro atoms. The second kappa shape index (κ2) is 4.69. The van der Waals surface area contributed by atoms with Gasteiger partial charge < -0.3 is 10.4 Å². The first-order valence-electron chi connectivity index (χ1n) is 4.42. The number of nitrogens with zero attached hydrogens (tertiary/aromatic N) is 1. The monoisotopic (exact) mass is 200 g/mol. The molecule has 1 heterocycles. The quantitative estimate of drug-likeness (QED) is 0.774. The molecule has 0 aromatic carbocycles. The van der Waals surface area contributed by atoms with Gasteiger partial charge >= 0.3 is 0 Å². The van der Waals surface area contributed by atoms with Crippen molar-refractivity contribution in [2.45, 2.75) is 32.9 Å². The first-order valence-corrected chi connectivity index (χ1v) is 5.30.